The number of alkyl halides is 4. The van der Waals surface area contributed by atoms with E-state index in [2.05, 4.69) is 0 Å². The van der Waals surface area contributed by atoms with E-state index in [1.165, 1.54) is 0 Å². The first kappa shape index (κ1) is 15.4. The van der Waals surface area contributed by atoms with Gasteiger partial charge in [0.2, 0.25) is 10.0 Å². The summed E-state index contributed by atoms with van der Waals surface area (Å²) in [6.45, 7) is 0. The minimum atomic E-state index is -4.57. The molecule has 0 spiro atoms. The Kier molecular flexibility index (Phi) is 4.74. The number of hydrogen-bond donors (Lipinski definition) is 1. The Morgan fingerprint density at radius 1 is 1.28 bits per heavy atom. The van der Waals surface area contributed by atoms with Crippen LogP contribution in [0, 0.1) is 0 Å². The lowest BCUT2D eigenvalue weighted by Gasteiger charge is -2.12. The molecule has 0 bridgehead atoms. The standard InChI is InChI=1S/C9H8Cl2F3NO2S/c10-3-4-18(16,17)15-8-5-6(9(12,13)14)1-2-7(8)11/h1-2,5,15H,3-4H2. The lowest BCUT2D eigenvalue weighted by atomic mass is 10.2. The molecule has 102 valence electrons. The highest BCUT2D eigenvalue weighted by atomic mass is 35.5. The van der Waals surface area contributed by atoms with Crippen LogP contribution in [0.15, 0.2) is 18.2 Å². The molecule has 0 aliphatic carbocycles. The Labute approximate surface area is 112 Å². The first-order valence-corrected chi connectivity index (χ1v) is 7.15. The number of sulfonamides is 1. The quantitative estimate of drug-likeness (QED) is 0.864. The molecule has 3 nitrogen and oxygen atoms in total. The zero-order chi connectivity index (χ0) is 14.0. The maximum atomic E-state index is 12.4. The van der Waals surface area contributed by atoms with E-state index < -0.39 is 27.5 Å². The SMILES string of the molecule is O=S(=O)(CCCl)Nc1cc(C(F)(F)F)ccc1Cl. The highest BCUT2D eigenvalue weighted by Crippen LogP contribution is 2.34. The highest BCUT2D eigenvalue weighted by molar-refractivity contribution is 7.92. The van der Waals surface area contributed by atoms with Crippen molar-refractivity contribution in [2.75, 3.05) is 16.4 Å². The third-order valence-corrected chi connectivity index (χ3v) is 3.92. The van der Waals surface area contributed by atoms with Gasteiger partial charge in [-0.3, -0.25) is 4.72 Å². The molecule has 9 heteroatoms. The normalized spacial score (nSPS) is 12.5. The average molecular weight is 322 g/mol. The zero-order valence-corrected chi connectivity index (χ0v) is 11.1. The number of nitrogens with one attached hydrogen (secondary N) is 1. The molecule has 0 fully saturated rings. The van der Waals surface area contributed by atoms with E-state index in [1.54, 1.807) is 0 Å². The van der Waals surface area contributed by atoms with Crippen LogP contribution in [0.5, 0.6) is 0 Å². The fourth-order valence-electron chi connectivity index (χ4n) is 1.10. The number of hydrogen-bond acceptors (Lipinski definition) is 2. The number of anilines is 1. The van der Waals surface area contributed by atoms with Crippen LogP contribution in [0.4, 0.5) is 18.9 Å². The number of benzene rings is 1. The van der Waals surface area contributed by atoms with E-state index in [9.17, 15) is 21.6 Å². The summed E-state index contributed by atoms with van der Waals surface area (Å²) in [5.41, 5.74) is -1.31. The highest BCUT2D eigenvalue weighted by Gasteiger charge is 2.31. The van der Waals surface area contributed by atoms with Crippen LogP contribution in [0.3, 0.4) is 0 Å². The third-order valence-electron chi connectivity index (χ3n) is 1.91. The Hall–Kier alpha value is -0.660. The summed E-state index contributed by atoms with van der Waals surface area (Å²) in [5.74, 6) is -0.590. The smallest absolute Gasteiger partial charge is 0.282 e. The summed E-state index contributed by atoms with van der Waals surface area (Å²) in [5, 5.41) is -0.124. The Morgan fingerprint density at radius 2 is 1.89 bits per heavy atom. The van der Waals surface area contributed by atoms with Gasteiger partial charge in [-0.2, -0.15) is 13.2 Å². The molecule has 0 aliphatic heterocycles. The Bertz CT molecular complexity index is 531. The minimum absolute atomic E-state index is 0.124. The van der Waals surface area contributed by atoms with Crippen molar-refractivity contribution in [3.05, 3.63) is 28.8 Å². The summed E-state index contributed by atoms with van der Waals surface area (Å²) in [6, 6.07) is 2.37. The topological polar surface area (TPSA) is 46.2 Å². The Balaban J connectivity index is 3.10. The molecule has 0 atom stereocenters. The van der Waals surface area contributed by atoms with Crippen LogP contribution >= 0.6 is 23.2 Å². The van der Waals surface area contributed by atoms with Crippen LogP contribution in [0.25, 0.3) is 0 Å². The van der Waals surface area contributed by atoms with Gasteiger partial charge in [-0.15, -0.1) is 11.6 Å². The Morgan fingerprint density at radius 3 is 2.39 bits per heavy atom. The lowest BCUT2D eigenvalue weighted by Crippen LogP contribution is -2.18. The fourth-order valence-corrected chi connectivity index (χ4v) is 2.74. The van der Waals surface area contributed by atoms with Gasteiger partial charge in [0.1, 0.15) is 0 Å². The molecule has 1 aromatic rings. The van der Waals surface area contributed by atoms with E-state index in [-0.39, 0.29) is 16.6 Å². The van der Waals surface area contributed by atoms with Gasteiger partial charge in [0.15, 0.2) is 0 Å². The number of halogens is 5. The van der Waals surface area contributed by atoms with Crippen molar-refractivity contribution in [1.82, 2.24) is 0 Å². The van der Waals surface area contributed by atoms with E-state index in [4.69, 9.17) is 23.2 Å². The maximum Gasteiger partial charge on any atom is 0.416 e. The van der Waals surface area contributed by atoms with Crippen molar-refractivity contribution >= 4 is 38.9 Å². The molecule has 0 radical (unpaired) electrons. The van der Waals surface area contributed by atoms with Gasteiger partial charge in [0, 0.05) is 5.88 Å². The van der Waals surface area contributed by atoms with Crippen LogP contribution in [0.2, 0.25) is 5.02 Å². The van der Waals surface area contributed by atoms with Crippen molar-refractivity contribution in [2.24, 2.45) is 0 Å². The van der Waals surface area contributed by atoms with Crippen molar-refractivity contribution in [1.29, 1.82) is 0 Å². The molecular formula is C9H8Cl2F3NO2S. The minimum Gasteiger partial charge on any atom is -0.282 e. The van der Waals surface area contributed by atoms with E-state index >= 15 is 0 Å². The molecule has 0 aromatic heterocycles. The second-order valence-electron chi connectivity index (χ2n) is 3.30. The van der Waals surface area contributed by atoms with Crippen molar-refractivity contribution in [3.8, 4) is 0 Å². The molecule has 1 rings (SSSR count). The zero-order valence-electron chi connectivity index (χ0n) is 8.76. The monoisotopic (exact) mass is 321 g/mol. The fraction of sp³-hybridized carbons (Fsp3) is 0.333. The van der Waals surface area contributed by atoms with Crippen LogP contribution in [-0.4, -0.2) is 20.1 Å². The van der Waals surface area contributed by atoms with E-state index in [1.807, 2.05) is 4.72 Å². The molecule has 0 heterocycles. The first-order chi connectivity index (χ1) is 8.15. The van der Waals surface area contributed by atoms with Gasteiger partial charge >= 0.3 is 6.18 Å². The predicted octanol–water partition coefficient (Wildman–Crippen LogP) is 3.34. The van der Waals surface area contributed by atoms with Crippen molar-refractivity contribution < 1.29 is 21.6 Å². The van der Waals surface area contributed by atoms with Crippen molar-refractivity contribution in [2.45, 2.75) is 6.18 Å². The summed E-state index contributed by atoms with van der Waals surface area (Å²) < 4.78 is 62.0. The van der Waals surface area contributed by atoms with E-state index in [0.29, 0.717) is 6.07 Å². The largest absolute Gasteiger partial charge is 0.416 e. The van der Waals surface area contributed by atoms with Crippen molar-refractivity contribution in [3.63, 3.8) is 0 Å². The maximum absolute atomic E-state index is 12.4. The molecule has 0 amide bonds. The second kappa shape index (κ2) is 5.54. The summed E-state index contributed by atoms with van der Waals surface area (Å²) in [4.78, 5) is 0. The molecule has 0 unspecified atom stereocenters. The average Bonchev–Trinajstić information content (AvgIpc) is 2.19. The summed E-state index contributed by atoms with van der Waals surface area (Å²) >= 11 is 10.9. The van der Waals surface area contributed by atoms with Gasteiger partial charge in [-0.1, -0.05) is 11.6 Å². The second-order valence-corrected chi connectivity index (χ2v) is 5.93. The molecule has 1 N–H and O–H groups in total. The number of rotatable bonds is 4. The van der Waals surface area contributed by atoms with Gasteiger partial charge in [-0.25, -0.2) is 8.42 Å². The molecule has 0 aliphatic rings. The molecule has 0 saturated heterocycles. The molecular weight excluding hydrogens is 314 g/mol. The molecule has 0 saturated carbocycles. The van der Waals surface area contributed by atoms with Gasteiger partial charge in [0.25, 0.3) is 0 Å². The van der Waals surface area contributed by atoms with Crippen LogP contribution < -0.4 is 4.72 Å². The van der Waals surface area contributed by atoms with Gasteiger partial charge < -0.3 is 0 Å². The first-order valence-electron chi connectivity index (χ1n) is 4.59. The van der Waals surface area contributed by atoms with Gasteiger partial charge in [-0.05, 0) is 18.2 Å². The predicted molar refractivity (Wildman–Crippen MR) is 64.6 cm³/mol. The van der Waals surface area contributed by atoms with E-state index in [0.717, 1.165) is 12.1 Å². The summed E-state index contributed by atoms with van der Waals surface area (Å²) in [6.07, 6.45) is -4.57. The van der Waals surface area contributed by atoms with Gasteiger partial charge in [0.05, 0.1) is 22.0 Å². The molecule has 18 heavy (non-hydrogen) atoms. The van der Waals surface area contributed by atoms with Crippen LogP contribution in [0.1, 0.15) is 5.56 Å². The van der Waals surface area contributed by atoms with Crippen LogP contribution in [-0.2, 0) is 16.2 Å². The summed E-state index contributed by atoms with van der Waals surface area (Å²) in [7, 11) is -3.80. The molecule has 1 aromatic carbocycles. The lowest BCUT2D eigenvalue weighted by molar-refractivity contribution is -0.137. The third kappa shape index (κ3) is 4.22.